The molecule has 0 radical (unpaired) electrons. The van der Waals surface area contributed by atoms with Crippen LogP contribution in [0.15, 0.2) is 30.3 Å². The molecule has 0 aromatic heterocycles. The highest BCUT2D eigenvalue weighted by Gasteiger charge is 2.51. The van der Waals surface area contributed by atoms with E-state index in [-0.39, 0.29) is 11.1 Å². The third kappa shape index (κ3) is 1.99. The van der Waals surface area contributed by atoms with Crippen LogP contribution in [0.25, 0.3) is 11.1 Å². The highest BCUT2D eigenvalue weighted by atomic mass is 19.1. The van der Waals surface area contributed by atoms with Crippen molar-refractivity contribution in [3.05, 3.63) is 47.5 Å². The van der Waals surface area contributed by atoms with Crippen molar-refractivity contribution in [3.8, 4) is 16.9 Å². The molecule has 0 spiro atoms. The molecule has 0 saturated carbocycles. The summed E-state index contributed by atoms with van der Waals surface area (Å²) in [4.78, 5) is 2.45. The average molecular weight is 342 g/mol. The van der Waals surface area contributed by atoms with E-state index >= 15 is 0 Å². The third-order valence-corrected chi connectivity index (χ3v) is 6.10. The Labute approximate surface area is 145 Å². The topological polar surface area (TPSA) is 24.5 Å². The number of fused-ring (bicyclic) bond motifs is 3. The lowest BCUT2D eigenvalue weighted by Gasteiger charge is -2.45. The first-order valence-electron chi connectivity index (χ1n) is 8.83. The zero-order valence-electron chi connectivity index (χ0n) is 14.1. The van der Waals surface area contributed by atoms with E-state index in [0.29, 0.717) is 18.1 Å². The number of ether oxygens (including phenoxy) is 1. The second-order valence-electron chi connectivity index (χ2n) is 7.37. The summed E-state index contributed by atoms with van der Waals surface area (Å²) in [6.45, 7) is 5.63. The van der Waals surface area contributed by atoms with Crippen LogP contribution in [0.2, 0.25) is 0 Å². The zero-order chi connectivity index (χ0) is 17.2. The largest absolute Gasteiger partial charge is 0.490 e. The smallest absolute Gasteiger partial charge is 0.143 e. The number of nitrogens with zero attached hydrogens (tertiary/aromatic N) is 1. The second-order valence-corrected chi connectivity index (χ2v) is 7.37. The van der Waals surface area contributed by atoms with Gasteiger partial charge in [0.1, 0.15) is 24.0 Å². The quantitative estimate of drug-likeness (QED) is 0.856. The van der Waals surface area contributed by atoms with Gasteiger partial charge in [-0.3, -0.25) is 0 Å². The van der Waals surface area contributed by atoms with E-state index in [4.69, 9.17) is 4.74 Å². The van der Waals surface area contributed by atoms with E-state index < -0.39 is 11.6 Å². The van der Waals surface area contributed by atoms with Crippen LogP contribution in [0.3, 0.4) is 0 Å². The minimum atomic E-state index is -0.539. The molecule has 3 aliphatic heterocycles. The van der Waals surface area contributed by atoms with Crippen LogP contribution >= 0.6 is 0 Å². The molecule has 5 heteroatoms. The van der Waals surface area contributed by atoms with Gasteiger partial charge in [0.2, 0.25) is 0 Å². The monoisotopic (exact) mass is 342 g/mol. The molecule has 3 heterocycles. The van der Waals surface area contributed by atoms with Gasteiger partial charge in [-0.05, 0) is 55.3 Å². The van der Waals surface area contributed by atoms with Crippen LogP contribution in [-0.4, -0.2) is 31.8 Å². The van der Waals surface area contributed by atoms with Gasteiger partial charge >= 0.3 is 0 Å². The van der Waals surface area contributed by atoms with Crippen LogP contribution in [-0.2, 0) is 0 Å². The first-order chi connectivity index (χ1) is 12.1. The van der Waals surface area contributed by atoms with Gasteiger partial charge in [-0.1, -0.05) is 6.07 Å². The first-order valence-corrected chi connectivity index (χ1v) is 8.83. The van der Waals surface area contributed by atoms with E-state index in [2.05, 4.69) is 17.1 Å². The molecule has 1 saturated heterocycles. The van der Waals surface area contributed by atoms with Crippen molar-refractivity contribution in [2.75, 3.05) is 31.1 Å². The molecule has 3 nitrogen and oxygen atoms in total. The highest BCUT2D eigenvalue weighted by Crippen LogP contribution is 2.56. The van der Waals surface area contributed by atoms with E-state index in [1.54, 1.807) is 6.07 Å². The summed E-state index contributed by atoms with van der Waals surface area (Å²) in [5.74, 6) is -0.0341. The Bertz CT molecular complexity index is 849. The van der Waals surface area contributed by atoms with Gasteiger partial charge in [0.05, 0.1) is 17.8 Å². The van der Waals surface area contributed by atoms with Crippen LogP contribution in [0.1, 0.15) is 24.8 Å². The van der Waals surface area contributed by atoms with Crippen LogP contribution in [0.4, 0.5) is 14.5 Å². The van der Waals surface area contributed by atoms with Crippen molar-refractivity contribution >= 4 is 5.69 Å². The van der Waals surface area contributed by atoms with Crippen molar-refractivity contribution < 1.29 is 13.5 Å². The fraction of sp³-hybridized carbons (Fsp3) is 0.400. The number of rotatable bonds is 1. The summed E-state index contributed by atoms with van der Waals surface area (Å²) >= 11 is 0. The maximum Gasteiger partial charge on any atom is 0.143 e. The van der Waals surface area contributed by atoms with Gasteiger partial charge in [-0.25, -0.2) is 8.78 Å². The predicted molar refractivity (Wildman–Crippen MR) is 93.3 cm³/mol. The summed E-state index contributed by atoms with van der Waals surface area (Å²) in [6, 6.07) is 7.75. The van der Waals surface area contributed by atoms with E-state index in [1.165, 1.54) is 18.2 Å². The normalized spacial score (nSPS) is 26.8. The van der Waals surface area contributed by atoms with E-state index in [0.717, 1.165) is 43.1 Å². The molecule has 1 N–H and O–H groups in total. The molecule has 2 atom stereocenters. The summed E-state index contributed by atoms with van der Waals surface area (Å²) in [6.07, 6.45) is 1.05. The Morgan fingerprint density at radius 3 is 2.84 bits per heavy atom. The van der Waals surface area contributed by atoms with Crippen molar-refractivity contribution in [1.29, 1.82) is 0 Å². The SMILES string of the molecule is CC12CCNCC1c1cc(-c3c(F)cccc3F)cc3c1N2CCO3. The number of hydrogen-bond donors (Lipinski definition) is 1. The maximum absolute atomic E-state index is 14.3. The predicted octanol–water partition coefficient (Wildman–Crippen LogP) is 3.68. The lowest BCUT2D eigenvalue weighted by Crippen LogP contribution is -2.55. The van der Waals surface area contributed by atoms with E-state index in [1.807, 2.05) is 6.07 Å². The van der Waals surface area contributed by atoms with E-state index in [9.17, 15) is 8.78 Å². The molecule has 3 aliphatic rings. The Morgan fingerprint density at radius 1 is 1.24 bits per heavy atom. The fourth-order valence-electron chi connectivity index (χ4n) is 4.83. The van der Waals surface area contributed by atoms with Crippen LogP contribution in [0.5, 0.6) is 5.75 Å². The van der Waals surface area contributed by atoms with Crippen LogP contribution in [0, 0.1) is 11.6 Å². The van der Waals surface area contributed by atoms with Gasteiger partial charge in [0, 0.05) is 18.0 Å². The Kier molecular flexibility index (Phi) is 3.14. The summed E-state index contributed by atoms with van der Waals surface area (Å²) in [7, 11) is 0. The molecule has 25 heavy (non-hydrogen) atoms. The molecule has 0 bridgehead atoms. The zero-order valence-corrected chi connectivity index (χ0v) is 14.1. The van der Waals surface area contributed by atoms with Crippen molar-refractivity contribution in [3.63, 3.8) is 0 Å². The molecule has 2 aromatic rings. The van der Waals surface area contributed by atoms with Crippen LogP contribution < -0.4 is 15.0 Å². The molecule has 2 unspecified atom stereocenters. The summed E-state index contributed by atoms with van der Waals surface area (Å²) in [5, 5.41) is 3.47. The lowest BCUT2D eigenvalue weighted by molar-refractivity contribution is 0.251. The number of hydrogen-bond acceptors (Lipinski definition) is 3. The molecule has 130 valence electrons. The first kappa shape index (κ1) is 15.1. The highest BCUT2D eigenvalue weighted by molar-refractivity contribution is 5.80. The third-order valence-electron chi connectivity index (χ3n) is 6.10. The average Bonchev–Trinajstić information content (AvgIpc) is 2.86. The molecule has 1 fully saturated rings. The number of halogens is 2. The number of nitrogens with one attached hydrogen (secondary N) is 1. The van der Waals surface area contributed by atoms with Gasteiger partial charge < -0.3 is 15.0 Å². The Hall–Kier alpha value is -2.14. The molecule has 0 aliphatic carbocycles. The van der Waals surface area contributed by atoms with Crippen molar-refractivity contribution in [1.82, 2.24) is 5.32 Å². The second kappa shape index (κ2) is 5.18. The summed E-state index contributed by atoms with van der Waals surface area (Å²) < 4.78 is 34.5. The lowest BCUT2D eigenvalue weighted by atomic mass is 9.78. The summed E-state index contributed by atoms with van der Waals surface area (Å²) in [5.41, 5.74) is 2.88. The van der Waals surface area contributed by atoms with Crippen molar-refractivity contribution in [2.24, 2.45) is 0 Å². The maximum atomic E-state index is 14.3. The van der Waals surface area contributed by atoms with Gasteiger partial charge in [-0.15, -0.1) is 0 Å². The fourth-order valence-corrected chi connectivity index (χ4v) is 4.83. The van der Waals surface area contributed by atoms with Gasteiger partial charge in [0.25, 0.3) is 0 Å². The minimum absolute atomic E-state index is 0.0274. The van der Waals surface area contributed by atoms with Crippen molar-refractivity contribution in [2.45, 2.75) is 24.8 Å². The Balaban J connectivity index is 1.74. The van der Waals surface area contributed by atoms with Gasteiger partial charge in [0.15, 0.2) is 0 Å². The molecule has 5 rings (SSSR count). The number of benzene rings is 2. The minimum Gasteiger partial charge on any atom is -0.490 e. The molecular formula is C20H20F2N2O. The standard InChI is InChI=1S/C20H20F2N2O/c1-20-5-6-23-11-14(20)13-9-12(18-15(21)3-2-4-16(18)22)10-17-19(13)24(20)7-8-25-17/h2-4,9-10,14,23H,5-8,11H2,1H3. The molecular weight excluding hydrogens is 322 g/mol. The molecule has 2 aromatic carbocycles. The Morgan fingerprint density at radius 2 is 2.04 bits per heavy atom. The van der Waals surface area contributed by atoms with Gasteiger partial charge in [-0.2, -0.15) is 0 Å². The number of anilines is 1. The number of piperidine rings is 1. The molecule has 0 amide bonds.